The molecule has 0 saturated carbocycles. The average Bonchev–Trinajstić information content (AvgIpc) is 1.86. The van der Waals surface area contributed by atoms with Gasteiger partial charge in [0.15, 0.2) is 0 Å². The van der Waals surface area contributed by atoms with E-state index in [2.05, 4.69) is 11.8 Å². The molecule has 0 rings (SSSR count). The fourth-order valence-electron chi connectivity index (χ4n) is 0.228. The predicted octanol–water partition coefficient (Wildman–Crippen LogP) is 0.378. The highest BCUT2D eigenvalue weighted by Gasteiger charge is 1.75. The van der Waals surface area contributed by atoms with Crippen LogP contribution in [0.1, 0.15) is 19.8 Å². The second kappa shape index (κ2) is 15.7. The smallest absolute Gasteiger partial charge is 0.290 e. The molecule has 0 aliphatic rings. The summed E-state index contributed by atoms with van der Waals surface area (Å²) >= 11 is 0. The first-order valence-corrected chi connectivity index (χ1v) is 2.73. The topological polar surface area (TPSA) is 72.5 Å². The first-order chi connectivity index (χ1) is 4.33. The van der Waals surface area contributed by atoms with Crippen LogP contribution in [0.15, 0.2) is 0 Å². The minimum absolute atomic E-state index is 0.250. The minimum atomic E-state index is -0.250. The Hall–Kier alpha value is -0.610. The molecular formula is C5H13NO3. The summed E-state index contributed by atoms with van der Waals surface area (Å²) in [4.78, 5) is 12.6. The average molecular weight is 135 g/mol. The highest BCUT2D eigenvalue weighted by atomic mass is 16.6. The zero-order valence-electron chi connectivity index (χ0n) is 5.54. The van der Waals surface area contributed by atoms with Gasteiger partial charge < -0.3 is 9.94 Å². The summed E-state index contributed by atoms with van der Waals surface area (Å²) in [6, 6.07) is 0. The Morgan fingerprint density at radius 2 is 2.22 bits per heavy atom. The number of rotatable bonds is 3. The fraction of sp³-hybridized carbons (Fsp3) is 0.800. The molecule has 3 N–H and O–H groups in total. The number of carbonyl (C=O) groups is 1. The Bertz CT molecular complexity index is 45.5. The molecule has 0 heterocycles. The standard InChI is InChI=1S/C4H11NO.CH2O2/c1-2-3-4-6-5;2-1-3/h2-5H2,1H3;1H,(H,2,3). The summed E-state index contributed by atoms with van der Waals surface area (Å²) in [5, 5.41) is 6.89. The normalized spacial score (nSPS) is 7.33. The van der Waals surface area contributed by atoms with Crippen LogP contribution in [-0.4, -0.2) is 18.2 Å². The lowest BCUT2D eigenvalue weighted by molar-refractivity contribution is -0.122. The molecule has 0 aliphatic heterocycles. The number of carboxylic acid groups (broad SMARTS) is 1. The lowest BCUT2D eigenvalue weighted by Gasteiger charge is -1.88. The molecule has 9 heavy (non-hydrogen) atoms. The van der Waals surface area contributed by atoms with Crippen molar-refractivity contribution < 1.29 is 14.7 Å². The largest absolute Gasteiger partial charge is 0.483 e. The van der Waals surface area contributed by atoms with Crippen LogP contribution >= 0.6 is 0 Å². The van der Waals surface area contributed by atoms with E-state index in [1.807, 2.05) is 0 Å². The summed E-state index contributed by atoms with van der Waals surface area (Å²) in [5.41, 5.74) is 0. The molecule has 0 bridgehead atoms. The molecule has 0 spiro atoms. The zero-order chi connectivity index (χ0) is 7.54. The molecule has 0 amide bonds. The van der Waals surface area contributed by atoms with E-state index in [0.29, 0.717) is 6.61 Å². The minimum Gasteiger partial charge on any atom is -0.483 e. The third kappa shape index (κ3) is 37.6. The maximum atomic E-state index is 8.36. The van der Waals surface area contributed by atoms with Gasteiger partial charge in [0.2, 0.25) is 0 Å². The highest BCUT2D eigenvalue weighted by molar-refractivity contribution is 5.32. The predicted molar refractivity (Wildman–Crippen MR) is 33.7 cm³/mol. The monoisotopic (exact) mass is 135 g/mol. The van der Waals surface area contributed by atoms with Crippen molar-refractivity contribution in [2.45, 2.75) is 19.8 Å². The number of nitrogens with two attached hydrogens (primary N) is 1. The molecule has 0 aliphatic carbocycles. The quantitative estimate of drug-likeness (QED) is 0.333. The Balaban J connectivity index is 0. The van der Waals surface area contributed by atoms with Gasteiger partial charge in [-0.05, 0) is 6.42 Å². The molecule has 4 heteroatoms. The van der Waals surface area contributed by atoms with E-state index in [9.17, 15) is 0 Å². The molecule has 0 aromatic rings. The van der Waals surface area contributed by atoms with Gasteiger partial charge >= 0.3 is 0 Å². The second-order valence-electron chi connectivity index (χ2n) is 1.33. The van der Waals surface area contributed by atoms with Crippen LogP contribution in [0, 0.1) is 0 Å². The van der Waals surface area contributed by atoms with Crippen molar-refractivity contribution >= 4 is 6.47 Å². The summed E-state index contributed by atoms with van der Waals surface area (Å²) in [7, 11) is 0. The molecule has 56 valence electrons. The van der Waals surface area contributed by atoms with E-state index in [-0.39, 0.29) is 6.47 Å². The van der Waals surface area contributed by atoms with Crippen molar-refractivity contribution in [3.8, 4) is 0 Å². The fourth-order valence-corrected chi connectivity index (χ4v) is 0.228. The molecule has 4 nitrogen and oxygen atoms in total. The first-order valence-electron chi connectivity index (χ1n) is 2.73. The number of hydrogen-bond donors (Lipinski definition) is 2. The van der Waals surface area contributed by atoms with E-state index in [4.69, 9.17) is 15.8 Å². The maximum absolute atomic E-state index is 8.36. The third-order valence-corrected chi connectivity index (χ3v) is 0.616. The number of hydrogen-bond acceptors (Lipinski definition) is 3. The van der Waals surface area contributed by atoms with Crippen molar-refractivity contribution in [1.82, 2.24) is 0 Å². The van der Waals surface area contributed by atoms with E-state index >= 15 is 0 Å². The van der Waals surface area contributed by atoms with Gasteiger partial charge in [0, 0.05) is 0 Å². The van der Waals surface area contributed by atoms with Crippen LogP contribution in [0.5, 0.6) is 0 Å². The Kier molecular flexibility index (Phi) is 19.5. The summed E-state index contributed by atoms with van der Waals surface area (Å²) in [5.74, 6) is 4.71. The van der Waals surface area contributed by atoms with Gasteiger partial charge in [0.25, 0.3) is 6.47 Å². The molecule has 0 radical (unpaired) electrons. The van der Waals surface area contributed by atoms with Gasteiger partial charge in [-0.2, -0.15) is 0 Å². The van der Waals surface area contributed by atoms with Gasteiger partial charge in [-0.1, -0.05) is 13.3 Å². The molecule has 0 fully saturated rings. The van der Waals surface area contributed by atoms with Crippen LogP contribution in [-0.2, 0) is 9.63 Å². The summed E-state index contributed by atoms with van der Waals surface area (Å²) in [6.07, 6.45) is 2.22. The van der Waals surface area contributed by atoms with Gasteiger partial charge in [-0.3, -0.25) is 4.79 Å². The number of unbranched alkanes of at least 4 members (excludes halogenated alkanes) is 1. The Morgan fingerprint density at radius 1 is 1.78 bits per heavy atom. The van der Waals surface area contributed by atoms with Crippen LogP contribution in [0.25, 0.3) is 0 Å². The highest BCUT2D eigenvalue weighted by Crippen LogP contribution is 1.82. The second-order valence-corrected chi connectivity index (χ2v) is 1.33. The van der Waals surface area contributed by atoms with Crippen molar-refractivity contribution in [2.24, 2.45) is 5.90 Å². The van der Waals surface area contributed by atoms with E-state index < -0.39 is 0 Å². The van der Waals surface area contributed by atoms with Crippen LogP contribution in [0.3, 0.4) is 0 Å². The van der Waals surface area contributed by atoms with Crippen LogP contribution in [0.4, 0.5) is 0 Å². The van der Waals surface area contributed by atoms with E-state index in [1.54, 1.807) is 0 Å². The van der Waals surface area contributed by atoms with Gasteiger partial charge in [-0.25, -0.2) is 5.90 Å². The molecular weight excluding hydrogens is 122 g/mol. The molecule has 0 unspecified atom stereocenters. The van der Waals surface area contributed by atoms with Crippen molar-refractivity contribution in [3.05, 3.63) is 0 Å². The van der Waals surface area contributed by atoms with Crippen molar-refractivity contribution in [1.29, 1.82) is 0 Å². The zero-order valence-corrected chi connectivity index (χ0v) is 5.54. The SMILES string of the molecule is CCCCON.O=CO. The lowest BCUT2D eigenvalue weighted by atomic mass is 10.4. The molecule has 0 atom stereocenters. The molecule has 0 saturated heterocycles. The van der Waals surface area contributed by atoms with Gasteiger partial charge in [-0.15, -0.1) is 0 Å². The summed E-state index contributed by atoms with van der Waals surface area (Å²) in [6.45, 7) is 2.54. The van der Waals surface area contributed by atoms with Crippen LogP contribution in [0.2, 0.25) is 0 Å². The van der Waals surface area contributed by atoms with E-state index in [1.165, 1.54) is 0 Å². The summed E-state index contributed by atoms with van der Waals surface area (Å²) < 4.78 is 0. The van der Waals surface area contributed by atoms with Gasteiger partial charge in [0.05, 0.1) is 6.61 Å². The lowest BCUT2D eigenvalue weighted by Crippen LogP contribution is -1.99. The van der Waals surface area contributed by atoms with Crippen molar-refractivity contribution in [3.63, 3.8) is 0 Å². The van der Waals surface area contributed by atoms with E-state index in [0.717, 1.165) is 12.8 Å². The molecule has 0 aromatic carbocycles. The third-order valence-electron chi connectivity index (χ3n) is 0.616. The van der Waals surface area contributed by atoms with Crippen molar-refractivity contribution in [2.75, 3.05) is 6.61 Å². The van der Waals surface area contributed by atoms with Gasteiger partial charge in [0.1, 0.15) is 0 Å². The Labute approximate surface area is 54.6 Å². The first kappa shape index (κ1) is 11.2. The maximum Gasteiger partial charge on any atom is 0.290 e. The van der Waals surface area contributed by atoms with Crippen LogP contribution < -0.4 is 5.90 Å². The molecule has 0 aromatic heterocycles. The Morgan fingerprint density at radius 3 is 2.33 bits per heavy atom.